The zero-order chi connectivity index (χ0) is 13.8. The summed E-state index contributed by atoms with van der Waals surface area (Å²) >= 11 is 0. The maximum absolute atomic E-state index is 12.2. The van der Waals surface area contributed by atoms with Gasteiger partial charge in [0.15, 0.2) is 0 Å². The predicted octanol–water partition coefficient (Wildman–Crippen LogP) is 1.13. The Morgan fingerprint density at radius 3 is 2.42 bits per heavy atom. The minimum atomic E-state index is -0.890. The molecule has 0 aromatic heterocycles. The summed E-state index contributed by atoms with van der Waals surface area (Å²) in [4.78, 5) is 23.6. The molecule has 1 saturated heterocycles. The Hall–Kier alpha value is -1.10. The summed E-state index contributed by atoms with van der Waals surface area (Å²) in [7, 11) is 0. The van der Waals surface area contributed by atoms with E-state index in [9.17, 15) is 14.7 Å². The van der Waals surface area contributed by atoms with E-state index in [-0.39, 0.29) is 23.8 Å². The minimum Gasteiger partial charge on any atom is -0.480 e. The number of carboxylic acid groups (broad SMARTS) is 1. The standard InChI is InChI=1S/C14H24N2O3/c1-9-11(7-8-15-9)13(17)16-12(14(18)19)10-5-3-2-4-6-10/h9-12,15H,2-8H2,1H3,(H,16,17)(H,18,19). The van der Waals surface area contributed by atoms with E-state index >= 15 is 0 Å². The maximum Gasteiger partial charge on any atom is 0.326 e. The van der Waals surface area contributed by atoms with Crippen molar-refractivity contribution in [3.05, 3.63) is 0 Å². The fraction of sp³-hybridized carbons (Fsp3) is 0.857. The molecule has 1 aliphatic carbocycles. The van der Waals surface area contributed by atoms with Crippen molar-refractivity contribution in [3.8, 4) is 0 Å². The molecule has 0 aromatic carbocycles. The molecule has 0 aromatic rings. The molecule has 3 unspecified atom stereocenters. The molecular formula is C14H24N2O3. The van der Waals surface area contributed by atoms with E-state index in [2.05, 4.69) is 10.6 Å². The van der Waals surface area contributed by atoms with Crippen LogP contribution in [0.4, 0.5) is 0 Å². The van der Waals surface area contributed by atoms with Crippen molar-refractivity contribution < 1.29 is 14.7 Å². The molecule has 2 rings (SSSR count). The van der Waals surface area contributed by atoms with Gasteiger partial charge < -0.3 is 15.7 Å². The monoisotopic (exact) mass is 268 g/mol. The van der Waals surface area contributed by atoms with Crippen molar-refractivity contribution in [1.29, 1.82) is 0 Å². The average Bonchev–Trinajstić information content (AvgIpc) is 2.82. The fourth-order valence-electron chi connectivity index (χ4n) is 3.33. The van der Waals surface area contributed by atoms with Crippen LogP contribution >= 0.6 is 0 Å². The van der Waals surface area contributed by atoms with Gasteiger partial charge in [0.05, 0.1) is 5.92 Å². The van der Waals surface area contributed by atoms with Gasteiger partial charge in [-0.1, -0.05) is 19.3 Å². The highest BCUT2D eigenvalue weighted by molar-refractivity contribution is 5.85. The smallest absolute Gasteiger partial charge is 0.326 e. The van der Waals surface area contributed by atoms with E-state index in [4.69, 9.17) is 0 Å². The quantitative estimate of drug-likeness (QED) is 0.714. The van der Waals surface area contributed by atoms with Gasteiger partial charge in [-0.3, -0.25) is 4.79 Å². The largest absolute Gasteiger partial charge is 0.480 e. The van der Waals surface area contributed by atoms with Gasteiger partial charge >= 0.3 is 5.97 Å². The summed E-state index contributed by atoms with van der Waals surface area (Å²) in [6.07, 6.45) is 5.95. The van der Waals surface area contributed by atoms with Crippen molar-refractivity contribution in [2.75, 3.05) is 6.54 Å². The normalized spacial score (nSPS) is 29.9. The van der Waals surface area contributed by atoms with Crippen LogP contribution in [0.2, 0.25) is 0 Å². The Balaban J connectivity index is 1.95. The molecule has 0 radical (unpaired) electrons. The second-order valence-electron chi connectivity index (χ2n) is 5.86. The number of nitrogens with one attached hydrogen (secondary N) is 2. The Labute approximate surface area is 114 Å². The Morgan fingerprint density at radius 1 is 1.21 bits per heavy atom. The van der Waals surface area contributed by atoms with Crippen molar-refractivity contribution in [3.63, 3.8) is 0 Å². The summed E-state index contributed by atoms with van der Waals surface area (Å²) in [5.74, 6) is -0.986. The fourth-order valence-corrected chi connectivity index (χ4v) is 3.33. The third-order valence-electron chi connectivity index (χ3n) is 4.55. The number of hydrogen-bond acceptors (Lipinski definition) is 3. The number of rotatable bonds is 4. The van der Waals surface area contributed by atoms with Gasteiger partial charge in [-0.25, -0.2) is 4.79 Å². The van der Waals surface area contributed by atoms with Gasteiger partial charge in [-0.2, -0.15) is 0 Å². The van der Waals surface area contributed by atoms with Gasteiger partial charge in [-0.15, -0.1) is 0 Å². The maximum atomic E-state index is 12.2. The number of amides is 1. The van der Waals surface area contributed by atoms with Crippen LogP contribution in [-0.4, -0.2) is 35.6 Å². The molecule has 19 heavy (non-hydrogen) atoms. The highest BCUT2D eigenvalue weighted by Crippen LogP contribution is 2.27. The van der Waals surface area contributed by atoms with E-state index in [1.165, 1.54) is 6.42 Å². The minimum absolute atomic E-state index is 0.0922. The first-order valence-corrected chi connectivity index (χ1v) is 7.36. The average molecular weight is 268 g/mol. The van der Waals surface area contributed by atoms with Crippen molar-refractivity contribution >= 4 is 11.9 Å². The van der Waals surface area contributed by atoms with Crippen molar-refractivity contribution in [1.82, 2.24) is 10.6 Å². The van der Waals surface area contributed by atoms with Crippen LogP contribution in [-0.2, 0) is 9.59 Å². The molecule has 1 amide bonds. The Kier molecular flexibility index (Phi) is 4.80. The topological polar surface area (TPSA) is 78.4 Å². The molecule has 2 fully saturated rings. The van der Waals surface area contributed by atoms with E-state index in [1.54, 1.807) is 0 Å². The Morgan fingerprint density at radius 2 is 1.89 bits per heavy atom. The van der Waals surface area contributed by atoms with Crippen LogP contribution in [0.3, 0.4) is 0 Å². The lowest BCUT2D eigenvalue weighted by Crippen LogP contribution is -2.49. The van der Waals surface area contributed by atoms with Gasteiger partial charge in [0.25, 0.3) is 0 Å². The van der Waals surface area contributed by atoms with Gasteiger partial charge in [-0.05, 0) is 38.6 Å². The predicted molar refractivity (Wildman–Crippen MR) is 71.7 cm³/mol. The summed E-state index contributed by atoms with van der Waals surface area (Å²) in [5, 5.41) is 15.4. The van der Waals surface area contributed by atoms with E-state index in [0.717, 1.165) is 38.6 Å². The first-order chi connectivity index (χ1) is 9.09. The molecule has 3 atom stereocenters. The van der Waals surface area contributed by atoms with Crippen LogP contribution in [0.5, 0.6) is 0 Å². The molecular weight excluding hydrogens is 244 g/mol. The zero-order valence-electron chi connectivity index (χ0n) is 11.5. The second kappa shape index (κ2) is 6.37. The number of aliphatic carboxylic acids is 1. The molecule has 108 valence electrons. The lowest BCUT2D eigenvalue weighted by molar-refractivity contribution is -0.144. The van der Waals surface area contributed by atoms with Crippen LogP contribution in [0, 0.1) is 11.8 Å². The lowest BCUT2D eigenvalue weighted by Gasteiger charge is -2.29. The number of carbonyl (C=O) groups is 2. The molecule has 0 bridgehead atoms. The Bertz CT molecular complexity index is 340. The summed E-state index contributed by atoms with van der Waals surface area (Å²) in [5.41, 5.74) is 0. The molecule has 1 aliphatic heterocycles. The zero-order valence-corrected chi connectivity index (χ0v) is 11.5. The molecule has 5 heteroatoms. The third kappa shape index (κ3) is 3.47. The number of carboxylic acids is 1. The molecule has 3 N–H and O–H groups in total. The second-order valence-corrected chi connectivity index (χ2v) is 5.86. The molecule has 2 aliphatic rings. The highest BCUT2D eigenvalue weighted by Gasteiger charge is 2.35. The number of hydrogen-bond donors (Lipinski definition) is 3. The first kappa shape index (κ1) is 14.3. The number of carbonyl (C=O) groups excluding carboxylic acids is 1. The third-order valence-corrected chi connectivity index (χ3v) is 4.55. The van der Waals surface area contributed by atoms with Crippen LogP contribution < -0.4 is 10.6 Å². The lowest BCUT2D eigenvalue weighted by atomic mass is 9.83. The summed E-state index contributed by atoms with van der Waals surface area (Å²) < 4.78 is 0. The van der Waals surface area contributed by atoms with Gasteiger partial charge in [0.1, 0.15) is 6.04 Å². The van der Waals surface area contributed by atoms with Gasteiger partial charge in [0, 0.05) is 6.04 Å². The van der Waals surface area contributed by atoms with Gasteiger partial charge in [0.2, 0.25) is 5.91 Å². The summed E-state index contributed by atoms with van der Waals surface area (Å²) in [6.45, 7) is 2.81. The molecule has 1 heterocycles. The van der Waals surface area contributed by atoms with Crippen molar-refractivity contribution in [2.45, 2.75) is 57.5 Å². The SMILES string of the molecule is CC1NCCC1C(=O)NC(C(=O)O)C1CCCCC1. The van der Waals surface area contributed by atoms with Crippen LogP contribution in [0.1, 0.15) is 45.4 Å². The van der Waals surface area contributed by atoms with E-state index in [0.29, 0.717) is 0 Å². The molecule has 5 nitrogen and oxygen atoms in total. The first-order valence-electron chi connectivity index (χ1n) is 7.36. The van der Waals surface area contributed by atoms with Crippen molar-refractivity contribution in [2.24, 2.45) is 11.8 Å². The van der Waals surface area contributed by atoms with Crippen LogP contribution in [0.25, 0.3) is 0 Å². The summed E-state index contributed by atoms with van der Waals surface area (Å²) in [6, 6.07) is -0.568. The molecule has 0 spiro atoms. The highest BCUT2D eigenvalue weighted by atomic mass is 16.4. The van der Waals surface area contributed by atoms with Crippen LogP contribution in [0.15, 0.2) is 0 Å². The van der Waals surface area contributed by atoms with E-state index in [1.807, 2.05) is 6.92 Å². The van der Waals surface area contributed by atoms with E-state index < -0.39 is 12.0 Å². The molecule has 1 saturated carbocycles.